The Balaban J connectivity index is 1.40. The van der Waals surface area contributed by atoms with Crippen LogP contribution >= 0.6 is 23.2 Å². The van der Waals surface area contributed by atoms with E-state index in [2.05, 4.69) is 11.5 Å². The number of benzene rings is 3. The van der Waals surface area contributed by atoms with Crippen molar-refractivity contribution in [1.29, 1.82) is 0 Å². The summed E-state index contributed by atoms with van der Waals surface area (Å²) in [5.74, 6) is 0.474. The van der Waals surface area contributed by atoms with Crippen molar-refractivity contribution in [3.05, 3.63) is 97.9 Å². The third-order valence-electron chi connectivity index (χ3n) is 10.1. The molecular formula is C39H40Cl2N6O3. The van der Waals surface area contributed by atoms with E-state index >= 15 is 4.79 Å². The van der Waals surface area contributed by atoms with E-state index in [0.717, 1.165) is 66.4 Å². The Morgan fingerprint density at radius 2 is 1.70 bits per heavy atom. The number of halogens is 2. The van der Waals surface area contributed by atoms with Crippen LogP contribution < -0.4 is 15.4 Å². The minimum atomic E-state index is -0.579. The van der Waals surface area contributed by atoms with Gasteiger partial charge in [0.2, 0.25) is 0 Å². The van der Waals surface area contributed by atoms with Gasteiger partial charge in [0.1, 0.15) is 17.3 Å². The second kappa shape index (κ2) is 12.5. The number of anilines is 1. The Labute approximate surface area is 301 Å². The number of hydrogen-bond donors (Lipinski definition) is 1. The Bertz CT molecular complexity index is 2360. The molecule has 2 amide bonds. The molecule has 0 saturated carbocycles. The average Bonchev–Trinajstić information content (AvgIpc) is 3.66. The second-order valence-electron chi connectivity index (χ2n) is 13.4. The van der Waals surface area contributed by atoms with Crippen LogP contribution in [-0.2, 0) is 20.5 Å². The van der Waals surface area contributed by atoms with Crippen molar-refractivity contribution in [2.24, 2.45) is 19.8 Å². The number of ether oxygens (including phenoxy) is 1. The number of nitrogens with zero attached hydrogens (tertiary/aromatic N) is 5. The highest BCUT2D eigenvalue weighted by Gasteiger charge is 2.39. The topological polar surface area (TPSA) is 100 Å². The Morgan fingerprint density at radius 3 is 2.36 bits per heavy atom. The summed E-state index contributed by atoms with van der Waals surface area (Å²) < 4.78 is 12.1. The summed E-state index contributed by atoms with van der Waals surface area (Å²) in [6.07, 6.45) is 1.22. The van der Waals surface area contributed by atoms with Crippen molar-refractivity contribution in [3.8, 4) is 16.9 Å². The number of amides is 2. The minimum Gasteiger partial charge on any atom is -0.494 e. The summed E-state index contributed by atoms with van der Waals surface area (Å²) in [5, 5.41) is 7.70. The maximum atomic E-state index is 15.0. The fourth-order valence-corrected chi connectivity index (χ4v) is 8.21. The number of para-hydroxylation sites is 1. The third kappa shape index (κ3) is 5.17. The molecule has 6 aromatic rings. The van der Waals surface area contributed by atoms with Gasteiger partial charge in [-0.2, -0.15) is 5.10 Å². The summed E-state index contributed by atoms with van der Waals surface area (Å²) in [6.45, 7) is 10.8. The van der Waals surface area contributed by atoms with Gasteiger partial charge in [-0.1, -0.05) is 47.5 Å². The molecule has 7 rings (SSSR count). The van der Waals surface area contributed by atoms with E-state index in [-0.39, 0.29) is 11.9 Å². The first kappa shape index (κ1) is 33.8. The first-order valence-corrected chi connectivity index (χ1v) is 17.5. The predicted octanol–water partition coefficient (Wildman–Crippen LogP) is 8.41. The van der Waals surface area contributed by atoms with Crippen molar-refractivity contribution in [2.75, 3.05) is 18.1 Å². The standard InChI is InChI=1S/C39H40Cl2N6O3/c1-20-17-25(18-21(2)34(20)41)50-16-10-12-26-27-14-15-29(40)33(31-23(4)43-45(7)24(31)5)35(27)47-22(3)19-46(39(49)36(26)47)38-32(37(42)48)28-11-8-9-13-30(28)44(38)6/h8-9,11,13-15,17-18,22H,10,12,16,19H2,1-7H3,(H2,42,48)/t22-/m1/s1. The molecule has 3 aromatic heterocycles. The van der Waals surface area contributed by atoms with Gasteiger partial charge in [-0.15, -0.1) is 0 Å². The number of rotatable bonds is 8. The van der Waals surface area contributed by atoms with Gasteiger partial charge in [0.05, 0.1) is 33.9 Å². The second-order valence-corrected chi connectivity index (χ2v) is 14.2. The number of primary amides is 1. The van der Waals surface area contributed by atoms with Crippen LogP contribution in [0.3, 0.4) is 0 Å². The lowest BCUT2D eigenvalue weighted by molar-refractivity contribution is 0.0955. The molecule has 0 radical (unpaired) electrons. The van der Waals surface area contributed by atoms with Crippen LogP contribution in [0.5, 0.6) is 5.75 Å². The first-order valence-electron chi connectivity index (χ1n) is 16.8. The predicted molar refractivity (Wildman–Crippen MR) is 201 cm³/mol. The first-order chi connectivity index (χ1) is 23.8. The maximum Gasteiger partial charge on any atom is 0.276 e. The highest BCUT2D eigenvalue weighted by Crippen LogP contribution is 2.46. The molecular weight excluding hydrogens is 671 g/mol. The molecule has 3 aromatic carbocycles. The molecule has 0 aliphatic carbocycles. The molecule has 4 heterocycles. The number of fused-ring (bicyclic) bond motifs is 4. The normalized spacial score (nSPS) is 14.6. The number of carbonyl (C=O) groups is 2. The van der Waals surface area contributed by atoms with Gasteiger partial charge >= 0.3 is 0 Å². The van der Waals surface area contributed by atoms with Crippen molar-refractivity contribution < 1.29 is 14.3 Å². The van der Waals surface area contributed by atoms with Crippen LogP contribution in [0.2, 0.25) is 10.0 Å². The quantitative estimate of drug-likeness (QED) is 0.160. The molecule has 0 bridgehead atoms. The molecule has 258 valence electrons. The maximum absolute atomic E-state index is 15.0. The Morgan fingerprint density at radius 1 is 1.00 bits per heavy atom. The van der Waals surface area contributed by atoms with Crippen molar-refractivity contribution in [3.63, 3.8) is 0 Å². The van der Waals surface area contributed by atoms with Crippen LogP contribution in [0.1, 0.15) is 68.3 Å². The van der Waals surface area contributed by atoms with Gasteiger partial charge in [-0.25, -0.2) is 0 Å². The van der Waals surface area contributed by atoms with Crippen LogP contribution in [0.15, 0.2) is 48.5 Å². The zero-order valence-electron chi connectivity index (χ0n) is 29.3. The van der Waals surface area contributed by atoms with Crippen molar-refractivity contribution in [1.82, 2.24) is 18.9 Å². The van der Waals surface area contributed by atoms with Crippen molar-refractivity contribution in [2.45, 2.75) is 53.5 Å². The Hall–Kier alpha value is -4.73. The van der Waals surface area contributed by atoms with Crippen LogP contribution in [-0.4, -0.2) is 43.9 Å². The monoisotopic (exact) mass is 710 g/mol. The minimum absolute atomic E-state index is 0.177. The molecule has 0 saturated heterocycles. The van der Waals surface area contributed by atoms with E-state index in [4.69, 9.17) is 38.8 Å². The van der Waals surface area contributed by atoms with Crippen LogP contribution in [0.25, 0.3) is 32.9 Å². The van der Waals surface area contributed by atoms with E-state index in [0.29, 0.717) is 53.5 Å². The number of aryl methyl sites for hydroxylation is 6. The average molecular weight is 712 g/mol. The van der Waals surface area contributed by atoms with E-state index in [1.165, 1.54) is 0 Å². The lowest BCUT2D eigenvalue weighted by Gasteiger charge is -2.35. The number of hydrogen-bond acceptors (Lipinski definition) is 4. The summed E-state index contributed by atoms with van der Waals surface area (Å²) in [6, 6.07) is 15.2. The highest BCUT2D eigenvalue weighted by molar-refractivity contribution is 6.35. The molecule has 0 fully saturated rings. The third-order valence-corrected chi connectivity index (χ3v) is 11.1. The van der Waals surface area contributed by atoms with E-state index in [9.17, 15) is 4.79 Å². The zero-order valence-corrected chi connectivity index (χ0v) is 30.8. The zero-order chi connectivity index (χ0) is 35.8. The van der Waals surface area contributed by atoms with Crippen molar-refractivity contribution >= 4 is 62.6 Å². The van der Waals surface area contributed by atoms with Crippen LogP contribution in [0, 0.1) is 27.7 Å². The summed E-state index contributed by atoms with van der Waals surface area (Å²) in [5.41, 5.74) is 15.1. The van der Waals surface area contributed by atoms with Gasteiger partial charge in [0, 0.05) is 59.3 Å². The summed E-state index contributed by atoms with van der Waals surface area (Å²) in [4.78, 5) is 29.8. The lowest BCUT2D eigenvalue weighted by atomic mass is 9.98. The number of aromatic nitrogens is 4. The van der Waals surface area contributed by atoms with Gasteiger partial charge in [-0.3, -0.25) is 19.2 Å². The van der Waals surface area contributed by atoms with Gasteiger partial charge in [0.25, 0.3) is 11.8 Å². The molecule has 1 atom stereocenters. The summed E-state index contributed by atoms with van der Waals surface area (Å²) >= 11 is 13.5. The van der Waals surface area contributed by atoms with E-state index < -0.39 is 5.91 Å². The largest absolute Gasteiger partial charge is 0.494 e. The molecule has 11 heteroatoms. The fourth-order valence-electron chi connectivity index (χ4n) is 7.85. The van der Waals surface area contributed by atoms with E-state index in [1.54, 1.807) is 4.90 Å². The Kier molecular flexibility index (Phi) is 8.47. The molecule has 1 aliphatic rings. The smallest absolute Gasteiger partial charge is 0.276 e. The molecule has 2 N–H and O–H groups in total. The highest BCUT2D eigenvalue weighted by atomic mass is 35.5. The molecule has 9 nitrogen and oxygen atoms in total. The van der Waals surface area contributed by atoms with Gasteiger partial charge < -0.3 is 19.6 Å². The van der Waals surface area contributed by atoms with Crippen LogP contribution in [0.4, 0.5) is 5.82 Å². The van der Waals surface area contributed by atoms with Gasteiger partial charge in [0.15, 0.2) is 0 Å². The lowest BCUT2D eigenvalue weighted by Crippen LogP contribution is -2.44. The SMILES string of the molecule is Cc1cc(OCCCc2c3n(c4c(-c5c(C)nn(C)c5C)c(Cl)ccc24)[C@H](C)CN(c2c(C(N)=O)c4ccccc4n2C)C3=O)cc(C)c1Cl. The van der Waals surface area contributed by atoms with E-state index in [1.807, 2.05) is 99.6 Å². The van der Waals surface area contributed by atoms with Gasteiger partial charge in [-0.05, 0) is 88.4 Å². The summed E-state index contributed by atoms with van der Waals surface area (Å²) in [7, 11) is 3.79. The fraction of sp³-hybridized carbons (Fsp3) is 0.308. The molecule has 0 unspecified atom stereocenters. The number of carbonyl (C=O) groups excluding carboxylic acids is 2. The molecule has 1 aliphatic heterocycles. The number of nitrogens with two attached hydrogens (primary N) is 1. The molecule has 50 heavy (non-hydrogen) atoms. The molecule has 0 spiro atoms.